The minimum atomic E-state index is -3.78. The first kappa shape index (κ1) is 36.9. The molecule has 14 heteroatoms. The van der Waals surface area contributed by atoms with Crippen molar-refractivity contribution < 1.29 is 37.8 Å². The highest BCUT2D eigenvalue weighted by molar-refractivity contribution is 7.53. The normalized spacial score (nSPS) is 12.5. The van der Waals surface area contributed by atoms with Crippen molar-refractivity contribution in [2.45, 2.75) is 80.7 Å². The Balaban J connectivity index is 1.69. The molecule has 0 spiro atoms. The minimum absolute atomic E-state index is 0.0157. The Morgan fingerprint density at radius 1 is 0.891 bits per heavy atom. The van der Waals surface area contributed by atoms with E-state index in [9.17, 15) is 24.1 Å². The molecule has 0 saturated heterocycles. The van der Waals surface area contributed by atoms with Gasteiger partial charge in [0.1, 0.15) is 0 Å². The van der Waals surface area contributed by atoms with Gasteiger partial charge >= 0.3 is 19.5 Å². The molecule has 0 unspecified atom stereocenters. The zero-order valence-electron chi connectivity index (χ0n) is 28.3. The summed E-state index contributed by atoms with van der Waals surface area (Å²) in [7, 11) is 0.109. The van der Waals surface area contributed by atoms with Crippen LogP contribution in [-0.4, -0.2) is 65.4 Å². The molecular formula is C32H47N4O9P. The van der Waals surface area contributed by atoms with Gasteiger partial charge in [0.2, 0.25) is 24.9 Å². The lowest BCUT2D eigenvalue weighted by molar-refractivity contribution is -0.162. The van der Waals surface area contributed by atoms with E-state index in [4.69, 9.17) is 18.5 Å². The fourth-order valence-electron chi connectivity index (χ4n) is 4.55. The molecule has 3 rings (SSSR count). The topological polar surface area (TPSA) is 159 Å². The monoisotopic (exact) mass is 662 g/mol. The largest absolute Gasteiger partial charge is 0.493 e. The van der Waals surface area contributed by atoms with Gasteiger partial charge in [-0.15, -0.1) is 0 Å². The molecule has 0 atom stereocenters. The molecule has 0 amide bonds. The minimum Gasteiger partial charge on any atom is -0.493 e. The molecule has 2 aliphatic heterocycles. The molecule has 0 radical (unpaired) electrons. The molecule has 0 bridgehead atoms. The van der Waals surface area contributed by atoms with Gasteiger partial charge in [0, 0.05) is 26.3 Å². The number of fused-ring (bicyclic) bond motifs is 2. The van der Waals surface area contributed by atoms with Crippen LogP contribution in [0.4, 0.5) is 5.69 Å². The summed E-state index contributed by atoms with van der Waals surface area (Å²) in [5.41, 5.74) is 1.65. The number of aromatic nitrogens is 3. The van der Waals surface area contributed by atoms with E-state index in [0.29, 0.717) is 43.6 Å². The maximum absolute atomic E-state index is 13.5. The molecule has 2 heterocycles. The van der Waals surface area contributed by atoms with E-state index in [0.717, 1.165) is 22.8 Å². The summed E-state index contributed by atoms with van der Waals surface area (Å²) in [6.07, 6.45) is 2.50. The molecule has 1 aromatic rings. The quantitative estimate of drug-likeness (QED) is 0.0722. The van der Waals surface area contributed by atoms with Gasteiger partial charge in [0.05, 0.1) is 34.1 Å². The van der Waals surface area contributed by atoms with E-state index in [1.54, 1.807) is 41.5 Å². The highest BCUT2D eigenvalue weighted by Gasteiger charge is 2.30. The van der Waals surface area contributed by atoms with Crippen LogP contribution < -0.4 is 10.3 Å². The highest BCUT2D eigenvalue weighted by atomic mass is 31.2. The number of hydrogen-bond donors (Lipinski definition) is 1. The van der Waals surface area contributed by atoms with E-state index in [1.165, 1.54) is 0 Å². The Morgan fingerprint density at radius 2 is 1.46 bits per heavy atom. The number of hydrogen-bond acceptors (Lipinski definition) is 12. The van der Waals surface area contributed by atoms with Gasteiger partial charge in [-0.25, -0.2) is 4.98 Å². The molecule has 1 N–H and O–H groups in total. The number of pyridine rings is 1. The van der Waals surface area contributed by atoms with Crippen LogP contribution in [0.15, 0.2) is 23.0 Å². The van der Waals surface area contributed by atoms with E-state index in [1.807, 2.05) is 42.6 Å². The second-order valence-corrected chi connectivity index (χ2v) is 15.7. The van der Waals surface area contributed by atoms with Crippen LogP contribution in [-0.2, 0) is 39.2 Å². The van der Waals surface area contributed by atoms with Gasteiger partial charge in [-0.3, -0.25) is 28.0 Å². The van der Waals surface area contributed by atoms with Crippen molar-refractivity contribution in [3.63, 3.8) is 0 Å². The van der Waals surface area contributed by atoms with Crippen LogP contribution in [0.5, 0.6) is 5.88 Å². The number of benzene rings is 1. The third kappa shape index (κ3) is 9.73. The number of esters is 2. The summed E-state index contributed by atoms with van der Waals surface area (Å²) in [6.45, 7) is 11.5. The molecule has 13 nitrogen and oxygen atoms in total. The molecule has 0 saturated carbocycles. The summed E-state index contributed by atoms with van der Waals surface area (Å²) in [4.78, 5) is 47.8. The van der Waals surface area contributed by atoms with Crippen molar-refractivity contribution in [2.75, 3.05) is 38.7 Å². The number of aromatic hydroxyl groups is 1. The predicted molar refractivity (Wildman–Crippen MR) is 175 cm³/mol. The Labute approximate surface area is 270 Å². The number of rotatable bonds is 14. The average Bonchev–Trinajstić information content (AvgIpc) is 2.93. The predicted octanol–water partition coefficient (Wildman–Crippen LogP) is 5.86. The van der Waals surface area contributed by atoms with Gasteiger partial charge in [-0.2, -0.15) is 4.98 Å². The van der Waals surface area contributed by atoms with Crippen molar-refractivity contribution in [2.24, 2.45) is 10.8 Å². The van der Waals surface area contributed by atoms with Gasteiger partial charge in [-0.1, -0.05) is 12.8 Å². The van der Waals surface area contributed by atoms with Gasteiger partial charge in [-0.05, 0) is 79.0 Å². The van der Waals surface area contributed by atoms with Crippen LogP contribution in [0.2, 0.25) is 0 Å². The molecule has 0 aliphatic carbocycles. The van der Waals surface area contributed by atoms with E-state index in [-0.39, 0.29) is 17.7 Å². The summed E-state index contributed by atoms with van der Waals surface area (Å²) >= 11 is 0. The highest BCUT2D eigenvalue weighted by Crippen LogP contribution is 2.49. The zero-order chi connectivity index (χ0) is 34.4. The first-order valence-corrected chi connectivity index (χ1v) is 17.0. The number of unbranched alkanes of at least 4 members (excludes halogenated alkanes) is 3. The number of aryl methyl sites for hydroxylation is 2. The fraction of sp³-hybridized carbons (Fsp3) is 0.594. The zero-order valence-corrected chi connectivity index (χ0v) is 29.2. The Bertz CT molecular complexity index is 1590. The SMILES string of the molecule is Cc1cc2nc3c(=O)cc(O)nc-3n(CCCCCCP(=O)(OCOC(=O)C(C)(C)C)OCOC(=O)C(C)(C)C)c2cc1N(C)C. The molecule has 2 aliphatic rings. The van der Waals surface area contributed by atoms with Crippen molar-refractivity contribution in [3.8, 4) is 17.4 Å². The summed E-state index contributed by atoms with van der Waals surface area (Å²) in [6, 6.07) is 4.99. The van der Waals surface area contributed by atoms with Gasteiger partial charge in [0.25, 0.3) is 0 Å². The van der Waals surface area contributed by atoms with Crippen LogP contribution in [0, 0.1) is 17.8 Å². The van der Waals surface area contributed by atoms with E-state index in [2.05, 4.69) is 9.97 Å². The van der Waals surface area contributed by atoms with Crippen molar-refractivity contribution >= 4 is 36.3 Å². The molecule has 1 aromatic carbocycles. The van der Waals surface area contributed by atoms with Crippen molar-refractivity contribution in [1.82, 2.24) is 14.5 Å². The first-order valence-electron chi connectivity index (χ1n) is 15.3. The lowest BCUT2D eigenvalue weighted by atomic mass is 9.98. The third-order valence-corrected chi connectivity index (χ3v) is 9.01. The lowest BCUT2D eigenvalue weighted by Crippen LogP contribution is -2.25. The number of nitrogens with zero attached hydrogens (tertiary/aromatic N) is 4. The number of anilines is 1. The maximum Gasteiger partial charge on any atom is 0.336 e. The molecular weight excluding hydrogens is 615 g/mol. The second-order valence-electron chi connectivity index (χ2n) is 13.5. The standard InChI is InChI=1S/C32H47N4O9P/c1-21-16-22-24(17-23(21)35(8)9)36(28-27(33-22)25(37)18-26(38)34-28)14-12-10-11-13-15-46(41,44-19-42-29(39)31(2,3)4)45-20-43-30(40)32(5,6)7/h16-18,38H,10-15,19-20H2,1-9H3. The Morgan fingerprint density at radius 3 is 2.00 bits per heavy atom. The van der Waals surface area contributed by atoms with Gasteiger partial charge in [0.15, 0.2) is 11.5 Å². The molecule has 46 heavy (non-hydrogen) atoms. The van der Waals surface area contributed by atoms with Crippen molar-refractivity contribution in [3.05, 3.63) is 34.0 Å². The summed E-state index contributed by atoms with van der Waals surface area (Å²) in [5, 5.41) is 10.1. The average molecular weight is 663 g/mol. The molecule has 0 aromatic heterocycles. The summed E-state index contributed by atoms with van der Waals surface area (Å²) < 4.78 is 36.5. The number of carbonyl (C=O) groups excluding carboxylic acids is 2. The Kier molecular flexibility index (Phi) is 12.0. The smallest absolute Gasteiger partial charge is 0.336 e. The Hall–Kier alpha value is -3.54. The molecule has 254 valence electrons. The number of carbonyl (C=O) groups is 2. The first-order chi connectivity index (χ1) is 21.3. The lowest BCUT2D eigenvalue weighted by Gasteiger charge is -2.22. The van der Waals surface area contributed by atoms with Crippen LogP contribution in [0.3, 0.4) is 0 Å². The summed E-state index contributed by atoms with van der Waals surface area (Å²) in [5.74, 6) is -1.12. The third-order valence-electron chi connectivity index (χ3n) is 7.15. The maximum atomic E-state index is 13.5. The van der Waals surface area contributed by atoms with Crippen LogP contribution >= 0.6 is 7.60 Å². The molecule has 0 fully saturated rings. The van der Waals surface area contributed by atoms with Gasteiger partial charge < -0.3 is 24.0 Å². The van der Waals surface area contributed by atoms with Crippen LogP contribution in [0.1, 0.15) is 72.8 Å². The second kappa shape index (κ2) is 14.9. The van der Waals surface area contributed by atoms with Crippen molar-refractivity contribution in [1.29, 1.82) is 0 Å². The fourth-order valence-corrected chi connectivity index (χ4v) is 5.92. The van der Waals surface area contributed by atoms with E-state index >= 15 is 0 Å². The van der Waals surface area contributed by atoms with Crippen LogP contribution in [0.25, 0.3) is 22.6 Å². The number of ether oxygens (including phenoxy) is 2. The van der Waals surface area contributed by atoms with E-state index < -0.39 is 49.4 Å².